The number of pyridine rings is 1. The lowest BCUT2D eigenvalue weighted by Crippen LogP contribution is -2.26. The first-order chi connectivity index (χ1) is 10.6. The number of hydrogen-bond donors (Lipinski definition) is 2. The molecule has 0 aliphatic carbocycles. The molecule has 3 aromatic rings. The third kappa shape index (κ3) is 3.02. The number of nitrogens with one attached hydrogen (secondary N) is 2. The maximum absolute atomic E-state index is 12.2. The van der Waals surface area contributed by atoms with Gasteiger partial charge in [-0.05, 0) is 35.2 Å². The van der Waals surface area contributed by atoms with Crippen LogP contribution in [0.5, 0.6) is 0 Å². The van der Waals surface area contributed by atoms with Crippen LogP contribution >= 0.6 is 11.6 Å². The van der Waals surface area contributed by atoms with Crippen LogP contribution in [-0.4, -0.2) is 10.9 Å². The monoisotopic (exact) mass is 312 g/mol. The van der Waals surface area contributed by atoms with Crippen molar-refractivity contribution in [3.05, 3.63) is 81.2 Å². The number of rotatable bonds is 3. The summed E-state index contributed by atoms with van der Waals surface area (Å²) in [6.07, 6.45) is 0. The van der Waals surface area contributed by atoms with Gasteiger partial charge < -0.3 is 10.3 Å². The highest BCUT2D eigenvalue weighted by atomic mass is 35.5. The summed E-state index contributed by atoms with van der Waals surface area (Å²) in [4.78, 5) is 26.7. The number of halogens is 1. The maximum Gasteiger partial charge on any atom is 0.268 e. The van der Waals surface area contributed by atoms with E-state index in [1.54, 1.807) is 36.4 Å². The first-order valence-corrected chi connectivity index (χ1v) is 7.16. The zero-order chi connectivity index (χ0) is 15.5. The van der Waals surface area contributed by atoms with Crippen molar-refractivity contribution in [2.24, 2.45) is 0 Å². The van der Waals surface area contributed by atoms with Gasteiger partial charge in [0.1, 0.15) is 5.69 Å². The first kappa shape index (κ1) is 14.4. The molecule has 0 bridgehead atoms. The van der Waals surface area contributed by atoms with E-state index in [9.17, 15) is 9.59 Å². The van der Waals surface area contributed by atoms with Crippen molar-refractivity contribution < 1.29 is 4.79 Å². The predicted octanol–water partition coefficient (Wildman–Crippen LogP) is 3.11. The largest absolute Gasteiger partial charge is 0.347 e. The lowest BCUT2D eigenvalue weighted by atomic mass is 10.1. The number of carbonyl (C=O) groups is 1. The van der Waals surface area contributed by atoms with Crippen LogP contribution in [0.2, 0.25) is 5.02 Å². The Morgan fingerprint density at radius 3 is 2.59 bits per heavy atom. The van der Waals surface area contributed by atoms with Gasteiger partial charge in [-0.3, -0.25) is 9.59 Å². The number of benzene rings is 2. The van der Waals surface area contributed by atoms with Crippen LogP contribution in [0.25, 0.3) is 10.8 Å². The van der Waals surface area contributed by atoms with Crippen LogP contribution in [-0.2, 0) is 6.54 Å². The molecule has 1 heterocycles. The first-order valence-electron chi connectivity index (χ1n) is 6.78. The minimum Gasteiger partial charge on any atom is -0.347 e. The standard InChI is InChI=1S/C17H13ClN2O2/c18-13-7-5-11(6-8-13)10-19-17(22)15-9-12-3-1-2-4-14(12)16(21)20-15/h1-9H,10H2,(H,19,22)(H,20,21). The Balaban J connectivity index is 1.80. The van der Waals surface area contributed by atoms with E-state index in [0.717, 1.165) is 10.9 Å². The van der Waals surface area contributed by atoms with Crippen molar-refractivity contribution in [3.8, 4) is 0 Å². The van der Waals surface area contributed by atoms with Gasteiger partial charge in [-0.2, -0.15) is 0 Å². The molecule has 1 aromatic heterocycles. The van der Waals surface area contributed by atoms with Crippen molar-refractivity contribution in [1.82, 2.24) is 10.3 Å². The van der Waals surface area contributed by atoms with Gasteiger partial charge in [0.15, 0.2) is 0 Å². The van der Waals surface area contributed by atoms with Crippen LogP contribution in [0.3, 0.4) is 0 Å². The molecule has 0 aliphatic rings. The molecule has 1 amide bonds. The number of aromatic nitrogens is 1. The van der Waals surface area contributed by atoms with Crippen LogP contribution in [0.4, 0.5) is 0 Å². The summed E-state index contributed by atoms with van der Waals surface area (Å²) in [5, 5.41) is 4.73. The molecule has 0 aliphatic heterocycles. The molecule has 0 fully saturated rings. The normalized spacial score (nSPS) is 10.6. The summed E-state index contributed by atoms with van der Waals surface area (Å²) >= 11 is 5.82. The van der Waals surface area contributed by atoms with Gasteiger partial charge in [0.05, 0.1) is 0 Å². The second kappa shape index (κ2) is 6.03. The van der Waals surface area contributed by atoms with Gasteiger partial charge >= 0.3 is 0 Å². The summed E-state index contributed by atoms with van der Waals surface area (Å²) in [7, 11) is 0. The number of fused-ring (bicyclic) bond motifs is 1. The Labute approximate surface area is 131 Å². The fraction of sp³-hybridized carbons (Fsp3) is 0.0588. The smallest absolute Gasteiger partial charge is 0.268 e. The lowest BCUT2D eigenvalue weighted by Gasteiger charge is -2.06. The van der Waals surface area contributed by atoms with E-state index in [1.165, 1.54) is 0 Å². The van der Waals surface area contributed by atoms with Crippen molar-refractivity contribution in [3.63, 3.8) is 0 Å². The Morgan fingerprint density at radius 1 is 1.09 bits per heavy atom. The summed E-state index contributed by atoms with van der Waals surface area (Å²) in [5.74, 6) is -0.321. The number of carbonyl (C=O) groups excluding carboxylic acids is 1. The molecule has 3 rings (SSSR count). The van der Waals surface area contributed by atoms with Crippen molar-refractivity contribution in [2.45, 2.75) is 6.54 Å². The fourth-order valence-corrected chi connectivity index (χ4v) is 2.34. The molecule has 0 saturated carbocycles. The average molecular weight is 313 g/mol. The molecule has 4 nitrogen and oxygen atoms in total. The minimum absolute atomic E-state index is 0.248. The van der Waals surface area contributed by atoms with Gasteiger partial charge in [0.2, 0.25) is 0 Å². The highest BCUT2D eigenvalue weighted by Crippen LogP contribution is 2.11. The second-order valence-electron chi connectivity index (χ2n) is 4.91. The second-order valence-corrected chi connectivity index (χ2v) is 5.34. The molecule has 2 N–H and O–H groups in total. The highest BCUT2D eigenvalue weighted by molar-refractivity contribution is 6.30. The Kier molecular flexibility index (Phi) is 3.94. The minimum atomic E-state index is -0.321. The van der Waals surface area contributed by atoms with Crippen LogP contribution < -0.4 is 10.9 Å². The molecule has 0 atom stereocenters. The zero-order valence-electron chi connectivity index (χ0n) is 11.6. The van der Waals surface area contributed by atoms with E-state index in [0.29, 0.717) is 17.0 Å². The number of amides is 1. The number of hydrogen-bond acceptors (Lipinski definition) is 2. The van der Waals surface area contributed by atoms with E-state index >= 15 is 0 Å². The molecule has 0 saturated heterocycles. The lowest BCUT2D eigenvalue weighted by molar-refractivity contribution is 0.0946. The molecular formula is C17H13ClN2O2. The van der Waals surface area contributed by atoms with Gasteiger partial charge in [0, 0.05) is 17.0 Å². The van der Waals surface area contributed by atoms with E-state index in [-0.39, 0.29) is 17.2 Å². The molecule has 22 heavy (non-hydrogen) atoms. The summed E-state index contributed by atoms with van der Waals surface area (Å²) in [6.45, 7) is 0.366. The van der Waals surface area contributed by atoms with Gasteiger partial charge in [-0.25, -0.2) is 0 Å². The topological polar surface area (TPSA) is 62.0 Å². The fourth-order valence-electron chi connectivity index (χ4n) is 2.21. The average Bonchev–Trinajstić information content (AvgIpc) is 2.54. The number of H-pyrrole nitrogens is 1. The van der Waals surface area contributed by atoms with Crippen molar-refractivity contribution in [1.29, 1.82) is 0 Å². The summed E-state index contributed by atoms with van der Waals surface area (Å²) < 4.78 is 0. The Bertz CT molecular complexity index is 885. The van der Waals surface area contributed by atoms with Gasteiger partial charge in [0.25, 0.3) is 11.5 Å². The Morgan fingerprint density at radius 2 is 1.82 bits per heavy atom. The van der Waals surface area contributed by atoms with Crippen LogP contribution in [0, 0.1) is 0 Å². The molecule has 2 aromatic carbocycles. The maximum atomic E-state index is 12.2. The quantitative estimate of drug-likeness (QED) is 0.780. The van der Waals surface area contributed by atoms with Gasteiger partial charge in [-0.1, -0.05) is 41.9 Å². The predicted molar refractivity (Wildman–Crippen MR) is 87.2 cm³/mol. The molecule has 0 spiro atoms. The van der Waals surface area contributed by atoms with E-state index in [4.69, 9.17) is 11.6 Å². The number of aromatic amines is 1. The van der Waals surface area contributed by atoms with E-state index in [2.05, 4.69) is 10.3 Å². The zero-order valence-corrected chi connectivity index (χ0v) is 12.4. The van der Waals surface area contributed by atoms with Crippen molar-refractivity contribution in [2.75, 3.05) is 0 Å². The molecule has 5 heteroatoms. The van der Waals surface area contributed by atoms with E-state index in [1.807, 2.05) is 18.2 Å². The van der Waals surface area contributed by atoms with Gasteiger partial charge in [-0.15, -0.1) is 0 Å². The summed E-state index contributed by atoms with van der Waals surface area (Å²) in [5.41, 5.74) is 0.910. The highest BCUT2D eigenvalue weighted by Gasteiger charge is 2.09. The van der Waals surface area contributed by atoms with Crippen LogP contribution in [0.1, 0.15) is 16.1 Å². The van der Waals surface area contributed by atoms with Crippen molar-refractivity contribution >= 4 is 28.3 Å². The molecular weight excluding hydrogens is 300 g/mol. The molecule has 0 radical (unpaired) electrons. The SMILES string of the molecule is O=C(NCc1ccc(Cl)cc1)c1cc2ccccc2c(=O)[nH]1. The Hall–Kier alpha value is -2.59. The van der Waals surface area contributed by atoms with E-state index < -0.39 is 0 Å². The molecule has 0 unspecified atom stereocenters. The third-order valence-electron chi connectivity index (χ3n) is 3.36. The molecule has 110 valence electrons. The van der Waals surface area contributed by atoms with Crippen LogP contribution in [0.15, 0.2) is 59.4 Å². The summed E-state index contributed by atoms with van der Waals surface area (Å²) in [6, 6.07) is 16.0. The third-order valence-corrected chi connectivity index (χ3v) is 3.62.